The minimum absolute atomic E-state index is 0.130. The molecule has 0 spiro atoms. The van der Waals surface area contributed by atoms with E-state index >= 15 is 0 Å². The summed E-state index contributed by atoms with van der Waals surface area (Å²) in [5, 5.41) is 9.48. The zero-order valence-electron chi connectivity index (χ0n) is 11.2. The average molecular weight is 283 g/mol. The number of alkyl halides is 3. The van der Waals surface area contributed by atoms with Crippen LogP contribution in [-0.2, 0) is 9.53 Å². The maximum absolute atomic E-state index is 12.6. The van der Waals surface area contributed by atoms with E-state index in [0.29, 0.717) is 6.54 Å². The van der Waals surface area contributed by atoms with Crippen LogP contribution in [0.15, 0.2) is 0 Å². The van der Waals surface area contributed by atoms with Crippen LogP contribution in [0.5, 0.6) is 0 Å². The third-order valence-electron chi connectivity index (χ3n) is 3.21. The topological polar surface area (TPSA) is 49.8 Å². The SMILES string of the molecule is CC(C)OC(=O)CCN1CCC(O)(C(F)(F)F)CC1. The van der Waals surface area contributed by atoms with E-state index in [4.69, 9.17) is 4.74 Å². The van der Waals surface area contributed by atoms with Crippen molar-refractivity contribution in [2.24, 2.45) is 0 Å². The summed E-state index contributed by atoms with van der Waals surface area (Å²) in [6.07, 6.45) is -5.33. The fourth-order valence-corrected chi connectivity index (χ4v) is 2.00. The van der Waals surface area contributed by atoms with E-state index in [-0.39, 0.29) is 44.4 Å². The van der Waals surface area contributed by atoms with E-state index in [1.54, 1.807) is 18.7 Å². The first-order valence-corrected chi connectivity index (χ1v) is 6.35. The highest BCUT2D eigenvalue weighted by molar-refractivity contribution is 5.69. The zero-order valence-corrected chi connectivity index (χ0v) is 11.2. The van der Waals surface area contributed by atoms with Gasteiger partial charge >= 0.3 is 12.1 Å². The van der Waals surface area contributed by atoms with E-state index in [9.17, 15) is 23.1 Å². The predicted octanol–water partition coefficient (Wildman–Crippen LogP) is 1.72. The van der Waals surface area contributed by atoms with Crippen LogP contribution < -0.4 is 0 Å². The van der Waals surface area contributed by atoms with Crippen LogP contribution in [0, 0.1) is 0 Å². The second-order valence-corrected chi connectivity index (χ2v) is 5.16. The summed E-state index contributed by atoms with van der Waals surface area (Å²) < 4.78 is 42.6. The van der Waals surface area contributed by atoms with Gasteiger partial charge in [-0.25, -0.2) is 0 Å². The largest absolute Gasteiger partial charge is 0.463 e. The van der Waals surface area contributed by atoms with Gasteiger partial charge in [-0.15, -0.1) is 0 Å². The molecule has 0 saturated carbocycles. The molecule has 0 unspecified atom stereocenters. The maximum atomic E-state index is 12.6. The molecule has 1 rings (SSSR count). The van der Waals surface area contributed by atoms with Crippen molar-refractivity contribution in [3.05, 3.63) is 0 Å². The molecule has 0 amide bonds. The van der Waals surface area contributed by atoms with Crippen molar-refractivity contribution in [2.75, 3.05) is 19.6 Å². The van der Waals surface area contributed by atoms with Crippen molar-refractivity contribution in [3.8, 4) is 0 Å². The smallest absolute Gasteiger partial charge is 0.417 e. The predicted molar refractivity (Wildman–Crippen MR) is 62.5 cm³/mol. The van der Waals surface area contributed by atoms with Crippen LogP contribution in [0.4, 0.5) is 13.2 Å². The number of carbonyl (C=O) groups excluding carboxylic acids is 1. The van der Waals surface area contributed by atoms with Crippen molar-refractivity contribution in [2.45, 2.75) is 51.0 Å². The highest BCUT2D eigenvalue weighted by Crippen LogP contribution is 2.38. The molecule has 0 radical (unpaired) electrons. The molecule has 0 aliphatic carbocycles. The highest BCUT2D eigenvalue weighted by Gasteiger charge is 2.54. The van der Waals surface area contributed by atoms with E-state index in [1.807, 2.05) is 0 Å². The monoisotopic (exact) mass is 283 g/mol. The zero-order chi connectivity index (χ0) is 14.7. The van der Waals surface area contributed by atoms with Gasteiger partial charge in [0.15, 0.2) is 5.60 Å². The number of nitrogens with zero attached hydrogens (tertiary/aromatic N) is 1. The van der Waals surface area contributed by atoms with Gasteiger partial charge in [0.1, 0.15) is 0 Å². The Hall–Kier alpha value is -0.820. The Balaban J connectivity index is 2.33. The standard InChI is InChI=1S/C12H20F3NO3/c1-9(2)19-10(17)3-6-16-7-4-11(18,5-8-16)12(13,14)15/h9,18H,3-8H2,1-2H3. The number of aliphatic hydroxyl groups is 1. The molecule has 1 aliphatic rings. The Kier molecular flexibility index (Phi) is 5.20. The lowest BCUT2D eigenvalue weighted by Crippen LogP contribution is -2.53. The fourth-order valence-electron chi connectivity index (χ4n) is 2.00. The number of likely N-dealkylation sites (tertiary alicyclic amines) is 1. The average Bonchev–Trinajstić information content (AvgIpc) is 2.26. The first-order valence-electron chi connectivity index (χ1n) is 6.35. The summed E-state index contributed by atoms with van der Waals surface area (Å²) in [6.45, 7) is 4.10. The lowest BCUT2D eigenvalue weighted by molar-refractivity contribution is -0.272. The van der Waals surface area contributed by atoms with E-state index < -0.39 is 11.8 Å². The molecule has 0 aromatic carbocycles. The van der Waals surface area contributed by atoms with Crippen LogP contribution in [-0.4, -0.2) is 53.5 Å². The van der Waals surface area contributed by atoms with Gasteiger partial charge in [-0.2, -0.15) is 13.2 Å². The van der Waals surface area contributed by atoms with Gasteiger partial charge in [-0.05, 0) is 26.7 Å². The number of piperidine rings is 1. The van der Waals surface area contributed by atoms with Gasteiger partial charge < -0.3 is 14.7 Å². The summed E-state index contributed by atoms with van der Waals surface area (Å²) >= 11 is 0. The molecule has 1 heterocycles. The van der Waals surface area contributed by atoms with Crippen LogP contribution >= 0.6 is 0 Å². The van der Waals surface area contributed by atoms with Gasteiger partial charge in [0.2, 0.25) is 0 Å². The fraction of sp³-hybridized carbons (Fsp3) is 0.917. The molecular formula is C12H20F3NO3. The number of hydrogen-bond acceptors (Lipinski definition) is 4. The molecule has 7 heteroatoms. The van der Waals surface area contributed by atoms with Crippen LogP contribution in [0.1, 0.15) is 33.1 Å². The third kappa shape index (κ3) is 4.65. The minimum Gasteiger partial charge on any atom is -0.463 e. The first-order chi connectivity index (χ1) is 8.64. The molecule has 1 fully saturated rings. The number of ether oxygens (including phenoxy) is 1. The Morgan fingerprint density at radius 1 is 1.37 bits per heavy atom. The summed E-state index contributed by atoms with van der Waals surface area (Å²) in [7, 11) is 0. The van der Waals surface area contributed by atoms with E-state index in [1.165, 1.54) is 0 Å². The van der Waals surface area contributed by atoms with Crippen molar-refractivity contribution in [3.63, 3.8) is 0 Å². The first kappa shape index (κ1) is 16.2. The second-order valence-electron chi connectivity index (χ2n) is 5.16. The molecule has 1 aliphatic heterocycles. The molecule has 4 nitrogen and oxygen atoms in total. The summed E-state index contributed by atoms with van der Waals surface area (Å²) in [5.74, 6) is -0.355. The molecular weight excluding hydrogens is 263 g/mol. The summed E-state index contributed by atoms with van der Waals surface area (Å²) in [6, 6.07) is 0. The van der Waals surface area contributed by atoms with Crippen molar-refractivity contribution in [1.29, 1.82) is 0 Å². The van der Waals surface area contributed by atoms with Crippen molar-refractivity contribution >= 4 is 5.97 Å². The molecule has 0 aromatic heterocycles. The Morgan fingerprint density at radius 2 is 1.89 bits per heavy atom. The van der Waals surface area contributed by atoms with Gasteiger partial charge in [-0.3, -0.25) is 4.79 Å². The highest BCUT2D eigenvalue weighted by atomic mass is 19.4. The van der Waals surface area contributed by atoms with Crippen LogP contribution in [0.3, 0.4) is 0 Å². The second kappa shape index (κ2) is 6.09. The number of rotatable bonds is 4. The molecule has 19 heavy (non-hydrogen) atoms. The number of esters is 1. The van der Waals surface area contributed by atoms with Crippen LogP contribution in [0.2, 0.25) is 0 Å². The minimum atomic E-state index is -4.59. The quantitative estimate of drug-likeness (QED) is 0.798. The molecule has 112 valence electrons. The number of carbonyl (C=O) groups is 1. The normalized spacial score (nSPS) is 20.6. The van der Waals surface area contributed by atoms with Crippen molar-refractivity contribution < 1.29 is 27.8 Å². The summed E-state index contributed by atoms with van der Waals surface area (Å²) in [5.41, 5.74) is -2.58. The lowest BCUT2D eigenvalue weighted by Gasteiger charge is -2.39. The lowest BCUT2D eigenvalue weighted by atomic mass is 9.91. The molecule has 1 N–H and O–H groups in total. The van der Waals surface area contributed by atoms with Gasteiger partial charge in [0.25, 0.3) is 0 Å². The van der Waals surface area contributed by atoms with Crippen LogP contribution in [0.25, 0.3) is 0 Å². The molecule has 1 saturated heterocycles. The summed E-state index contributed by atoms with van der Waals surface area (Å²) in [4.78, 5) is 13.0. The van der Waals surface area contributed by atoms with E-state index in [0.717, 1.165) is 0 Å². The number of halogens is 3. The van der Waals surface area contributed by atoms with E-state index in [2.05, 4.69) is 0 Å². The molecule has 0 atom stereocenters. The van der Waals surface area contributed by atoms with Crippen molar-refractivity contribution in [1.82, 2.24) is 4.90 Å². The number of hydrogen-bond donors (Lipinski definition) is 1. The Labute approximate surface area is 110 Å². The Morgan fingerprint density at radius 3 is 2.32 bits per heavy atom. The Bertz CT molecular complexity index is 310. The maximum Gasteiger partial charge on any atom is 0.417 e. The molecule has 0 bridgehead atoms. The molecule has 0 aromatic rings. The third-order valence-corrected chi connectivity index (χ3v) is 3.21. The van der Waals surface area contributed by atoms with Gasteiger partial charge in [0, 0.05) is 19.6 Å². The van der Waals surface area contributed by atoms with Gasteiger partial charge in [-0.1, -0.05) is 0 Å². The van der Waals surface area contributed by atoms with Gasteiger partial charge in [0.05, 0.1) is 12.5 Å².